The first-order valence-corrected chi connectivity index (χ1v) is 21.5. The first kappa shape index (κ1) is 53.1. The highest BCUT2D eigenvalue weighted by Gasteiger charge is 2.43. The zero-order valence-electron chi connectivity index (χ0n) is 38.6. The lowest BCUT2D eigenvalue weighted by Gasteiger charge is -2.35. The molecule has 0 unspecified atom stereocenters. The predicted molar refractivity (Wildman–Crippen MR) is 235 cm³/mol. The highest BCUT2D eigenvalue weighted by atomic mass is 16.6. The van der Waals surface area contributed by atoms with Gasteiger partial charge in [-0.25, -0.2) is 9.59 Å². The first-order valence-electron chi connectivity index (χ1n) is 21.5. The SMILES string of the molecule is CO[C@H]([C@@H](C)C(=O)C[C@H](C)[C@@H](O)c1ccccc1)[C@@H]1CCCN1C(=O)OC(C)(C)C.CO[C@H]([C@@H](C)C(=O)O)[C@@H]1CCCN1C(=O)OC(C)(C)C.C[C@@H](N)[C@@H](O)c1ccccc1. The fourth-order valence-corrected chi connectivity index (χ4v) is 7.62. The number of amides is 2. The second-order valence-electron chi connectivity index (χ2n) is 18.3. The van der Waals surface area contributed by atoms with Gasteiger partial charge in [0.25, 0.3) is 0 Å². The Kier molecular flexibility index (Phi) is 21.3. The van der Waals surface area contributed by atoms with Crippen molar-refractivity contribution in [2.75, 3.05) is 27.3 Å². The Hall–Kier alpha value is -4.08. The molecule has 5 N–H and O–H groups in total. The minimum absolute atomic E-state index is 0.0281. The Morgan fingerprint density at radius 3 is 1.39 bits per heavy atom. The normalized spacial score (nSPS) is 20.6. The number of likely N-dealkylation sites (tertiary alicyclic amines) is 2. The number of nitrogens with two attached hydrogens (primary N) is 1. The standard InChI is InChI=1S/C24H37NO5.C14H25NO5.C9H13NO/c1-16(21(27)18-11-8-7-9-12-18)15-20(26)17(2)22(29-6)19-13-10-14-25(19)23(28)30-24(3,4)5;1-9(12(16)17)11(19-5)10-7-6-8-15(10)13(18)20-14(2,3)4;1-7(10)9(11)8-5-3-2-4-6-8/h7-9,11-12,16-17,19,21-22,27H,10,13-15H2,1-6H3;9-11H,6-8H2,1-5H3,(H,16,17);2-7,9,11H,10H2,1H3/t16-,17-,19-,21+,22+;9-,10+,11-;7-,9-/m011/s1. The summed E-state index contributed by atoms with van der Waals surface area (Å²) in [7, 11) is 3.07. The summed E-state index contributed by atoms with van der Waals surface area (Å²) < 4.78 is 22.0. The van der Waals surface area contributed by atoms with Gasteiger partial charge in [0.05, 0.1) is 42.4 Å². The van der Waals surface area contributed by atoms with E-state index in [1.54, 1.807) is 30.8 Å². The number of aliphatic hydroxyl groups is 2. The van der Waals surface area contributed by atoms with E-state index >= 15 is 0 Å². The van der Waals surface area contributed by atoms with Gasteiger partial charge in [0.1, 0.15) is 17.0 Å². The molecule has 0 spiro atoms. The van der Waals surface area contributed by atoms with E-state index in [0.29, 0.717) is 13.1 Å². The molecule has 2 aromatic rings. The van der Waals surface area contributed by atoms with E-state index in [0.717, 1.165) is 36.8 Å². The van der Waals surface area contributed by atoms with Gasteiger partial charge in [0.2, 0.25) is 0 Å². The summed E-state index contributed by atoms with van der Waals surface area (Å²) >= 11 is 0. The number of carboxylic acids is 1. The molecule has 0 bridgehead atoms. The van der Waals surface area contributed by atoms with Crippen molar-refractivity contribution >= 4 is 23.9 Å². The van der Waals surface area contributed by atoms with Crippen LogP contribution in [0, 0.1) is 17.8 Å². The van der Waals surface area contributed by atoms with Crippen LogP contribution in [0.4, 0.5) is 9.59 Å². The minimum Gasteiger partial charge on any atom is -0.481 e. The van der Waals surface area contributed by atoms with Gasteiger partial charge in [0, 0.05) is 45.7 Å². The molecule has 14 nitrogen and oxygen atoms in total. The Morgan fingerprint density at radius 2 is 1.05 bits per heavy atom. The van der Waals surface area contributed by atoms with E-state index < -0.39 is 59.5 Å². The number of Topliss-reactive ketones (excluding diaryl/α,β-unsaturated/α-hetero) is 1. The maximum Gasteiger partial charge on any atom is 0.410 e. The molecule has 2 saturated heterocycles. The van der Waals surface area contributed by atoms with Gasteiger partial charge in [-0.05, 0) is 98.1 Å². The van der Waals surface area contributed by atoms with Crippen LogP contribution in [0.3, 0.4) is 0 Å². The third-order valence-electron chi connectivity index (χ3n) is 10.9. The molecular formula is C47H75N3O11. The lowest BCUT2D eigenvalue weighted by molar-refractivity contribution is -0.147. The molecule has 0 aromatic heterocycles. The van der Waals surface area contributed by atoms with Gasteiger partial charge in [-0.2, -0.15) is 0 Å². The number of benzene rings is 2. The Bertz CT molecular complexity index is 1630. The Labute approximate surface area is 364 Å². The number of nitrogens with zero attached hydrogens (tertiary/aromatic N) is 2. The van der Waals surface area contributed by atoms with Gasteiger partial charge in [0.15, 0.2) is 0 Å². The lowest BCUT2D eigenvalue weighted by Crippen LogP contribution is -2.49. The number of rotatable bonds is 14. The highest BCUT2D eigenvalue weighted by Crippen LogP contribution is 2.32. The fourth-order valence-electron chi connectivity index (χ4n) is 7.62. The molecule has 2 heterocycles. The number of carbonyl (C=O) groups is 4. The maximum absolute atomic E-state index is 13.0. The van der Waals surface area contributed by atoms with Crippen molar-refractivity contribution in [3.05, 3.63) is 71.8 Å². The minimum atomic E-state index is -0.923. The lowest BCUT2D eigenvalue weighted by atomic mass is 9.85. The van der Waals surface area contributed by atoms with Crippen molar-refractivity contribution in [1.82, 2.24) is 9.80 Å². The number of hydrogen-bond acceptors (Lipinski definition) is 11. The number of carboxylic acid groups (broad SMARTS) is 1. The molecule has 2 aliphatic heterocycles. The number of hydrogen-bond donors (Lipinski definition) is 4. The molecule has 2 amide bonds. The summed E-state index contributed by atoms with van der Waals surface area (Å²) in [5.41, 5.74) is 6.06. The first-order chi connectivity index (χ1) is 28.4. The maximum atomic E-state index is 13.0. The van der Waals surface area contributed by atoms with Crippen LogP contribution >= 0.6 is 0 Å². The number of ketones is 1. The molecule has 14 heteroatoms. The van der Waals surface area contributed by atoms with E-state index in [4.69, 9.17) is 29.8 Å². The molecule has 2 aliphatic rings. The molecule has 61 heavy (non-hydrogen) atoms. The van der Waals surface area contributed by atoms with Crippen LogP contribution in [0.15, 0.2) is 60.7 Å². The molecule has 0 aliphatic carbocycles. The number of ether oxygens (including phenoxy) is 4. The third kappa shape index (κ3) is 17.0. The summed E-state index contributed by atoms with van der Waals surface area (Å²) in [6.07, 6.45) is 0.493. The molecule has 2 fully saturated rings. The summed E-state index contributed by atoms with van der Waals surface area (Å²) in [4.78, 5) is 52.3. The van der Waals surface area contributed by atoms with Gasteiger partial charge >= 0.3 is 18.2 Å². The van der Waals surface area contributed by atoms with Crippen molar-refractivity contribution in [3.63, 3.8) is 0 Å². The van der Waals surface area contributed by atoms with Crippen molar-refractivity contribution in [2.24, 2.45) is 23.5 Å². The van der Waals surface area contributed by atoms with E-state index in [-0.39, 0.29) is 42.3 Å². The van der Waals surface area contributed by atoms with Crippen LogP contribution in [0.5, 0.6) is 0 Å². The summed E-state index contributed by atoms with van der Waals surface area (Å²) in [6.45, 7) is 19.3. The molecule has 344 valence electrons. The number of carbonyl (C=O) groups excluding carboxylic acids is 3. The smallest absolute Gasteiger partial charge is 0.410 e. The number of methoxy groups -OCH3 is 2. The number of aliphatic hydroxyl groups excluding tert-OH is 2. The zero-order chi connectivity index (χ0) is 46.2. The van der Waals surface area contributed by atoms with Crippen molar-refractivity contribution in [1.29, 1.82) is 0 Å². The zero-order valence-corrected chi connectivity index (χ0v) is 38.6. The van der Waals surface area contributed by atoms with E-state index in [9.17, 15) is 29.4 Å². The Morgan fingerprint density at radius 1 is 0.672 bits per heavy atom. The summed E-state index contributed by atoms with van der Waals surface area (Å²) in [6, 6.07) is 18.2. The van der Waals surface area contributed by atoms with Gasteiger partial charge in [-0.1, -0.05) is 74.5 Å². The van der Waals surface area contributed by atoms with Crippen LogP contribution in [-0.2, 0) is 28.5 Å². The molecule has 2 aromatic carbocycles. The highest BCUT2D eigenvalue weighted by molar-refractivity contribution is 5.82. The van der Waals surface area contributed by atoms with Crippen LogP contribution in [0.2, 0.25) is 0 Å². The van der Waals surface area contributed by atoms with Gasteiger partial charge < -0.3 is 49.8 Å². The molecule has 0 radical (unpaired) electrons. The molecule has 0 saturated carbocycles. The van der Waals surface area contributed by atoms with Crippen molar-refractivity contribution in [3.8, 4) is 0 Å². The summed E-state index contributed by atoms with van der Waals surface area (Å²) in [5, 5.41) is 29.2. The van der Waals surface area contributed by atoms with Crippen molar-refractivity contribution in [2.45, 2.75) is 155 Å². The van der Waals surface area contributed by atoms with Crippen LogP contribution < -0.4 is 5.73 Å². The van der Waals surface area contributed by atoms with Crippen LogP contribution in [0.25, 0.3) is 0 Å². The largest absolute Gasteiger partial charge is 0.481 e. The fraction of sp³-hybridized carbons (Fsp3) is 0.660. The number of aliphatic carboxylic acids is 1. The average molecular weight is 858 g/mol. The van der Waals surface area contributed by atoms with Crippen molar-refractivity contribution < 1.29 is 53.4 Å². The van der Waals surface area contributed by atoms with E-state index in [2.05, 4.69) is 0 Å². The van der Waals surface area contributed by atoms with Crippen LogP contribution in [-0.4, -0.2) is 118 Å². The predicted octanol–water partition coefficient (Wildman–Crippen LogP) is 7.55. The molecule has 10 atom stereocenters. The molecule has 4 rings (SSSR count). The van der Waals surface area contributed by atoms with Gasteiger partial charge in [-0.3, -0.25) is 9.59 Å². The summed E-state index contributed by atoms with van der Waals surface area (Å²) in [5.74, 6) is -2.18. The van der Waals surface area contributed by atoms with E-state index in [1.807, 2.05) is 116 Å². The third-order valence-corrected chi connectivity index (χ3v) is 10.9. The Balaban J connectivity index is 0.000000353. The quantitative estimate of drug-likeness (QED) is 0.146. The monoisotopic (exact) mass is 858 g/mol. The topological polar surface area (TPSA) is 198 Å². The molecular weight excluding hydrogens is 783 g/mol. The second kappa shape index (κ2) is 24.5. The average Bonchev–Trinajstić information content (AvgIpc) is 3.89. The van der Waals surface area contributed by atoms with Crippen LogP contribution in [0.1, 0.15) is 125 Å². The van der Waals surface area contributed by atoms with E-state index in [1.165, 1.54) is 7.11 Å². The second-order valence-corrected chi connectivity index (χ2v) is 18.3. The van der Waals surface area contributed by atoms with Gasteiger partial charge in [-0.15, -0.1) is 0 Å².